The van der Waals surface area contributed by atoms with Gasteiger partial charge in [-0.25, -0.2) is 4.99 Å². The summed E-state index contributed by atoms with van der Waals surface area (Å²) in [6, 6.07) is 15.4. The van der Waals surface area contributed by atoms with Crippen LogP contribution < -0.4 is 10.6 Å². The molecule has 2 aromatic carbocycles. The van der Waals surface area contributed by atoms with Gasteiger partial charge in [-0.3, -0.25) is 0 Å². The molecule has 2 rings (SSSR count). The molecule has 0 fully saturated rings. The lowest BCUT2D eigenvalue weighted by molar-refractivity contribution is 1.28. The van der Waals surface area contributed by atoms with E-state index in [4.69, 9.17) is 10.5 Å². The Morgan fingerprint density at radius 1 is 1.03 bits per heavy atom. The van der Waals surface area contributed by atoms with Crippen molar-refractivity contribution in [2.24, 2.45) is 4.99 Å². The summed E-state index contributed by atoms with van der Waals surface area (Å²) in [6.07, 6.45) is 8.81. The van der Waals surface area contributed by atoms with Crippen molar-refractivity contribution in [2.45, 2.75) is 27.7 Å². The number of hydrogen-bond donors (Lipinski definition) is 2. The Hall–Kier alpha value is -4.09. The SMILES string of the molecule is C/C=C(/N=C\C=C(/C)Nc1c(C)cc(/C=C/C#N)cc1C)Nc1ccc(C#N)cc1. The lowest BCUT2D eigenvalue weighted by Crippen LogP contribution is -2.01. The molecule has 0 saturated heterocycles. The largest absolute Gasteiger partial charge is 0.359 e. The first-order chi connectivity index (χ1) is 14.5. The summed E-state index contributed by atoms with van der Waals surface area (Å²) in [5, 5.41) is 24.2. The Bertz CT molecular complexity index is 1060. The minimum Gasteiger partial charge on any atom is -0.359 e. The molecule has 0 bridgehead atoms. The van der Waals surface area contributed by atoms with Crippen LogP contribution in [-0.2, 0) is 0 Å². The fraction of sp³-hybridized carbons (Fsp3) is 0.160. The number of benzene rings is 2. The Balaban J connectivity index is 2.06. The van der Waals surface area contributed by atoms with Crippen LogP contribution in [0.2, 0.25) is 0 Å². The second-order valence-corrected chi connectivity index (χ2v) is 6.73. The van der Waals surface area contributed by atoms with E-state index in [1.165, 1.54) is 6.08 Å². The van der Waals surface area contributed by atoms with Gasteiger partial charge in [0.05, 0.1) is 17.7 Å². The van der Waals surface area contributed by atoms with Gasteiger partial charge in [0.25, 0.3) is 0 Å². The maximum absolute atomic E-state index is 8.88. The molecule has 2 aromatic rings. The lowest BCUT2D eigenvalue weighted by Gasteiger charge is -2.14. The van der Waals surface area contributed by atoms with Crippen LogP contribution in [0.15, 0.2) is 71.1 Å². The van der Waals surface area contributed by atoms with Crippen molar-refractivity contribution >= 4 is 23.7 Å². The van der Waals surface area contributed by atoms with Crippen molar-refractivity contribution < 1.29 is 0 Å². The molecule has 0 saturated carbocycles. The van der Waals surface area contributed by atoms with Crippen molar-refractivity contribution in [3.63, 3.8) is 0 Å². The number of rotatable bonds is 7. The van der Waals surface area contributed by atoms with E-state index in [0.717, 1.165) is 33.8 Å². The number of nitrogens with one attached hydrogen (secondary N) is 2. The number of nitrogens with zero attached hydrogens (tertiary/aromatic N) is 3. The van der Waals surface area contributed by atoms with Crippen LogP contribution in [-0.4, -0.2) is 6.21 Å². The summed E-state index contributed by atoms with van der Waals surface area (Å²) in [5.74, 6) is 0.713. The van der Waals surface area contributed by atoms with Gasteiger partial charge in [0.15, 0.2) is 0 Å². The van der Waals surface area contributed by atoms with E-state index in [9.17, 15) is 0 Å². The smallest absolute Gasteiger partial charge is 0.125 e. The summed E-state index contributed by atoms with van der Waals surface area (Å²) in [5.41, 5.74) is 6.72. The molecular formula is C25H25N5. The maximum atomic E-state index is 8.88. The van der Waals surface area contributed by atoms with E-state index >= 15 is 0 Å². The molecule has 0 spiro atoms. The Morgan fingerprint density at radius 3 is 2.27 bits per heavy atom. The fourth-order valence-electron chi connectivity index (χ4n) is 2.85. The third kappa shape index (κ3) is 6.51. The van der Waals surface area contributed by atoms with E-state index in [1.807, 2.05) is 70.2 Å². The van der Waals surface area contributed by atoms with Gasteiger partial charge in [-0.05, 0) is 99.0 Å². The molecule has 0 aliphatic carbocycles. The number of anilines is 2. The monoisotopic (exact) mass is 395 g/mol. The molecule has 5 nitrogen and oxygen atoms in total. The summed E-state index contributed by atoms with van der Waals surface area (Å²) in [4.78, 5) is 4.46. The predicted octanol–water partition coefficient (Wildman–Crippen LogP) is 6.07. The molecule has 0 radical (unpaired) electrons. The zero-order chi connectivity index (χ0) is 21.9. The highest BCUT2D eigenvalue weighted by Crippen LogP contribution is 2.24. The highest BCUT2D eigenvalue weighted by Gasteiger charge is 2.04. The lowest BCUT2D eigenvalue weighted by atomic mass is 10.0. The number of aliphatic imine (C=N–C) groups is 1. The average molecular weight is 396 g/mol. The number of hydrogen-bond acceptors (Lipinski definition) is 5. The van der Waals surface area contributed by atoms with E-state index in [2.05, 4.69) is 21.7 Å². The van der Waals surface area contributed by atoms with E-state index in [-0.39, 0.29) is 0 Å². The van der Waals surface area contributed by atoms with Crippen LogP contribution in [0, 0.1) is 36.5 Å². The molecular weight excluding hydrogens is 370 g/mol. The molecule has 0 unspecified atom stereocenters. The first kappa shape index (κ1) is 22.2. The standard InChI is InChI=1S/C25H25N5/c1-5-24(30-23-10-8-21(17-27)9-11-23)28-14-12-20(4)29-25-18(2)15-22(7-6-13-26)16-19(25)3/h5-12,14-16,29-30H,1-4H3/b7-6+,20-12+,24-5-,28-14-. The highest BCUT2D eigenvalue weighted by atomic mass is 15.0. The second-order valence-electron chi connectivity index (χ2n) is 6.73. The third-order valence-corrected chi connectivity index (χ3v) is 4.33. The normalized spacial score (nSPS) is 12.1. The maximum Gasteiger partial charge on any atom is 0.125 e. The Morgan fingerprint density at radius 2 is 1.70 bits per heavy atom. The van der Waals surface area contributed by atoms with Crippen molar-refractivity contribution in [3.8, 4) is 12.1 Å². The van der Waals surface area contributed by atoms with Crippen molar-refractivity contribution in [2.75, 3.05) is 10.6 Å². The van der Waals surface area contributed by atoms with E-state index in [0.29, 0.717) is 11.4 Å². The molecule has 0 aromatic heterocycles. The molecule has 0 amide bonds. The Labute approximate surface area is 178 Å². The topological polar surface area (TPSA) is 84.0 Å². The number of allylic oxidation sites excluding steroid dienone is 4. The van der Waals surface area contributed by atoms with Gasteiger partial charge in [-0.2, -0.15) is 10.5 Å². The van der Waals surface area contributed by atoms with Crippen LogP contribution in [0.25, 0.3) is 6.08 Å². The van der Waals surface area contributed by atoms with Crippen molar-refractivity contribution in [1.82, 2.24) is 0 Å². The molecule has 2 N–H and O–H groups in total. The fourth-order valence-corrected chi connectivity index (χ4v) is 2.85. The van der Waals surface area contributed by atoms with Gasteiger partial charge < -0.3 is 10.6 Å². The number of nitriles is 2. The minimum atomic E-state index is 0.621. The number of aryl methyl sites for hydroxylation is 2. The summed E-state index contributed by atoms with van der Waals surface area (Å²) >= 11 is 0. The van der Waals surface area contributed by atoms with E-state index < -0.39 is 0 Å². The first-order valence-electron chi connectivity index (χ1n) is 9.55. The predicted molar refractivity (Wildman–Crippen MR) is 125 cm³/mol. The average Bonchev–Trinajstić information content (AvgIpc) is 2.74. The van der Waals surface area contributed by atoms with Crippen LogP contribution >= 0.6 is 0 Å². The van der Waals surface area contributed by atoms with Gasteiger partial charge >= 0.3 is 0 Å². The van der Waals surface area contributed by atoms with Crippen LogP contribution in [0.1, 0.15) is 36.1 Å². The van der Waals surface area contributed by atoms with Gasteiger partial charge in [0, 0.05) is 29.4 Å². The van der Waals surface area contributed by atoms with Crippen LogP contribution in [0.3, 0.4) is 0 Å². The second kappa shape index (κ2) is 11.0. The first-order valence-corrected chi connectivity index (χ1v) is 9.55. The van der Waals surface area contributed by atoms with Crippen LogP contribution in [0.5, 0.6) is 0 Å². The van der Waals surface area contributed by atoms with Crippen LogP contribution in [0.4, 0.5) is 11.4 Å². The summed E-state index contributed by atoms with van der Waals surface area (Å²) in [6.45, 7) is 7.98. The van der Waals surface area contributed by atoms with E-state index in [1.54, 1.807) is 24.4 Å². The quantitative estimate of drug-likeness (QED) is 0.440. The molecule has 150 valence electrons. The summed E-state index contributed by atoms with van der Waals surface area (Å²) in [7, 11) is 0. The Kier molecular flexibility index (Phi) is 8.17. The molecule has 0 aliphatic rings. The van der Waals surface area contributed by atoms with Gasteiger partial charge in [0.1, 0.15) is 5.82 Å². The van der Waals surface area contributed by atoms with Gasteiger partial charge in [-0.1, -0.05) is 0 Å². The van der Waals surface area contributed by atoms with Gasteiger partial charge in [0.2, 0.25) is 0 Å². The van der Waals surface area contributed by atoms with Crippen molar-refractivity contribution in [3.05, 3.63) is 88.4 Å². The summed E-state index contributed by atoms with van der Waals surface area (Å²) < 4.78 is 0. The molecule has 5 heteroatoms. The zero-order valence-electron chi connectivity index (χ0n) is 17.7. The molecule has 0 aliphatic heterocycles. The van der Waals surface area contributed by atoms with Crippen molar-refractivity contribution in [1.29, 1.82) is 10.5 Å². The molecule has 0 heterocycles. The molecule has 30 heavy (non-hydrogen) atoms. The minimum absolute atomic E-state index is 0.621. The third-order valence-electron chi connectivity index (χ3n) is 4.33. The highest BCUT2D eigenvalue weighted by molar-refractivity contribution is 5.75. The van der Waals surface area contributed by atoms with Gasteiger partial charge in [-0.15, -0.1) is 0 Å². The zero-order valence-corrected chi connectivity index (χ0v) is 17.7. The molecule has 0 atom stereocenters.